The van der Waals surface area contributed by atoms with E-state index in [1.807, 2.05) is 32.9 Å². The fourth-order valence-corrected chi connectivity index (χ4v) is 4.05. The molecule has 1 aromatic carbocycles. The van der Waals surface area contributed by atoms with Crippen LogP contribution in [-0.4, -0.2) is 68.6 Å². The summed E-state index contributed by atoms with van der Waals surface area (Å²) in [5.41, 5.74) is 1.55. The van der Waals surface area contributed by atoms with Crippen molar-refractivity contribution in [2.45, 2.75) is 46.7 Å². The minimum Gasteiger partial charge on any atom is -0.504 e. The molecular formula is C22H33N5O3. The van der Waals surface area contributed by atoms with Crippen molar-refractivity contribution in [3.8, 4) is 11.5 Å². The lowest BCUT2D eigenvalue weighted by molar-refractivity contribution is 0.0767. The molecule has 1 aliphatic heterocycles. The summed E-state index contributed by atoms with van der Waals surface area (Å²) in [5.74, 6) is 1.12. The number of nitrogens with zero attached hydrogens (tertiary/aromatic N) is 5. The van der Waals surface area contributed by atoms with E-state index in [0.29, 0.717) is 37.1 Å². The Morgan fingerprint density at radius 2 is 2.10 bits per heavy atom. The van der Waals surface area contributed by atoms with Gasteiger partial charge in [-0.05, 0) is 63.8 Å². The van der Waals surface area contributed by atoms with Gasteiger partial charge in [-0.3, -0.25) is 14.4 Å². The van der Waals surface area contributed by atoms with Crippen molar-refractivity contribution in [3.63, 3.8) is 0 Å². The van der Waals surface area contributed by atoms with Crippen LogP contribution in [0.1, 0.15) is 49.7 Å². The summed E-state index contributed by atoms with van der Waals surface area (Å²) >= 11 is 0. The Labute approximate surface area is 178 Å². The normalized spacial score (nSPS) is 17.1. The summed E-state index contributed by atoms with van der Waals surface area (Å²) in [6.07, 6.45) is 4.03. The number of aromatic nitrogens is 3. The molecule has 164 valence electrons. The number of hydrogen-bond acceptors (Lipinski definition) is 6. The number of likely N-dealkylation sites (tertiary alicyclic amines) is 1. The molecule has 2 aromatic rings. The van der Waals surface area contributed by atoms with E-state index in [-0.39, 0.29) is 11.7 Å². The quantitative estimate of drug-likeness (QED) is 0.678. The summed E-state index contributed by atoms with van der Waals surface area (Å²) in [6.45, 7) is 11.3. The minimum atomic E-state index is -0.0612. The van der Waals surface area contributed by atoms with Crippen molar-refractivity contribution in [3.05, 3.63) is 35.7 Å². The Morgan fingerprint density at radius 1 is 1.30 bits per heavy atom. The number of benzene rings is 1. The molecule has 1 aromatic heterocycles. The molecule has 1 aliphatic rings. The van der Waals surface area contributed by atoms with Crippen LogP contribution in [0.15, 0.2) is 24.4 Å². The number of phenols is 1. The van der Waals surface area contributed by atoms with E-state index in [2.05, 4.69) is 15.2 Å². The summed E-state index contributed by atoms with van der Waals surface area (Å²) in [4.78, 5) is 16.6. The Kier molecular flexibility index (Phi) is 7.68. The zero-order valence-electron chi connectivity index (χ0n) is 18.3. The summed E-state index contributed by atoms with van der Waals surface area (Å²) in [7, 11) is 0. The molecule has 0 bridgehead atoms. The fraction of sp³-hybridized carbons (Fsp3) is 0.591. The fourth-order valence-electron chi connectivity index (χ4n) is 4.05. The first-order chi connectivity index (χ1) is 14.5. The molecule has 0 unspecified atom stereocenters. The lowest BCUT2D eigenvalue weighted by atomic mass is 9.97. The second-order valence-electron chi connectivity index (χ2n) is 7.78. The predicted molar refractivity (Wildman–Crippen MR) is 115 cm³/mol. The maximum absolute atomic E-state index is 12.4. The summed E-state index contributed by atoms with van der Waals surface area (Å²) < 4.78 is 7.31. The van der Waals surface area contributed by atoms with Gasteiger partial charge in [0.1, 0.15) is 0 Å². The van der Waals surface area contributed by atoms with Gasteiger partial charge in [0.25, 0.3) is 5.91 Å². The van der Waals surface area contributed by atoms with Crippen LogP contribution >= 0.6 is 0 Å². The molecule has 8 heteroatoms. The van der Waals surface area contributed by atoms with Crippen LogP contribution in [0.25, 0.3) is 0 Å². The van der Waals surface area contributed by atoms with Crippen LogP contribution in [0, 0.1) is 5.92 Å². The number of hydrogen-bond donors (Lipinski definition) is 1. The molecule has 0 aliphatic carbocycles. The van der Waals surface area contributed by atoms with Gasteiger partial charge in [0, 0.05) is 32.7 Å². The van der Waals surface area contributed by atoms with Crippen LogP contribution in [0.4, 0.5) is 0 Å². The number of aromatic hydroxyl groups is 1. The van der Waals surface area contributed by atoms with Gasteiger partial charge in [-0.2, -0.15) is 0 Å². The smallest absolute Gasteiger partial charge is 0.276 e. The van der Waals surface area contributed by atoms with Gasteiger partial charge < -0.3 is 14.7 Å². The molecule has 2 heterocycles. The minimum absolute atomic E-state index is 0.0612. The highest BCUT2D eigenvalue weighted by Crippen LogP contribution is 2.28. The van der Waals surface area contributed by atoms with Crippen LogP contribution < -0.4 is 4.74 Å². The van der Waals surface area contributed by atoms with E-state index in [1.54, 1.807) is 21.8 Å². The highest BCUT2D eigenvalue weighted by Gasteiger charge is 2.22. The number of ether oxygens (including phenoxy) is 1. The van der Waals surface area contributed by atoms with E-state index in [1.165, 1.54) is 0 Å². The molecule has 0 saturated carbocycles. The van der Waals surface area contributed by atoms with Crippen molar-refractivity contribution >= 4 is 5.91 Å². The lowest BCUT2D eigenvalue weighted by Crippen LogP contribution is -2.36. The lowest BCUT2D eigenvalue weighted by Gasteiger charge is -2.32. The van der Waals surface area contributed by atoms with Crippen molar-refractivity contribution in [2.75, 3.05) is 32.8 Å². The predicted octanol–water partition coefficient (Wildman–Crippen LogP) is 2.78. The maximum Gasteiger partial charge on any atom is 0.276 e. The van der Waals surface area contributed by atoms with Gasteiger partial charge in [0.05, 0.1) is 12.8 Å². The molecule has 8 nitrogen and oxygen atoms in total. The van der Waals surface area contributed by atoms with Gasteiger partial charge in [0.15, 0.2) is 17.2 Å². The average Bonchev–Trinajstić information content (AvgIpc) is 3.20. The monoisotopic (exact) mass is 415 g/mol. The average molecular weight is 416 g/mol. The van der Waals surface area contributed by atoms with Crippen LogP contribution in [0.5, 0.6) is 11.5 Å². The van der Waals surface area contributed by atoms with E-state index in [4.69, 9.17) is 4.74 Å². The van der Waals surface area contributed by atoms with Gasteiger partial charge >= 0.3 is 0 Å². The number of piperidine rings is 1. The van der Waals surface area contributed by atoms with E-state index >= 15 is 0 Å². The number of carbonyl (C=O) groups is 1. The second kappa shape index (κ2) is 10.4. The zero-order valence-corrected chi connectivity index (χ0v) is 18.3. The molecule has 1 fully saturated rings. The van der Waals surface area contributed by atoms with Gasteiger partial charge in [-0.1, -0.05) is 11.3 Å². The first kappa shape index (κ1) is 22.1. The molecule has 0 spiro atoms. The zero-order chi connectivity index (χ0) is 21.5. The molecule has 1 saturated heterocycles. The van der Waals surface area contributed by atoms with Crippen molar-refractivity contribution in [1.82, 2.24) is 24.8 Å². The third kappa shape index (κ3) is 5.50. The van der Waals surface area contributed by atoms with Crippen molar-refractivity contribution < 1.29 is 14.6 Å². The van der Waals surface area contributed by atoms with E-state index in [0.717, 1.165) is 44.6 Å². The third-order valence-electron chi connectivity index (χ3n) is 5.59. The van der Waals surface area contributed by atoms with Crippen LogP contribution in [0.2, 0.25) is 0 Å². The number of carbonyl (C=O) groups excluding carboxylic acids is 1. The first-order valence-corrected chi connectivity index (χ1v) is 10.9. The number of amides is 1. The van der Waals surface area contributed by atoms with Gasteiger partial charge in [-0.15, -0.1) is 5.10 Å². The summed E-state index contributed by atoms with van der Waals surface area (Å²) in [5, 5.41) is 18.2. The molecular weight excluding hydrogens is 382 g/mol. The Bertz CT molecular complexity index is 834. The first-order valence-electron chi connectivity index (χ1n) is 10.9. The maximum atomic E-state index is 12.4. The van der Waals surface area contributed by atoms with Gasteiger partial charge in [-0.25, -0.2) is 0 Å². The van der Waals surface area contributed by atoms with Crippen molar-refractivity contribution in [2.24, 2.45) is 5.92 Å². The number of rotatable bonds is 9. The van der Waals surface area contributed by atoms with E-state index in [9.17, 15) is 9.90 Å². The Hall–Kier alpha value is -2.61. The number of phenolic OH excluding ortho intramolecular Hbond substituents is 1. The van der Waals surface area contributed by atoms with Gasteiger partial charge in [0.2, 0.25) is 0 Å². The molecule has 0 radical (unpaired) electrons. The molecule has 30 heavy (non-hydrogen) atoms. The SMILES string of the molecule is CCOc1cc(CN2CCC[C@H](Cn3cc(C(=O)N(CC)CC)nn3)C2)ccc1O. The largest absolute Gasteiger partial charge is 0.504 e. The molecule has 1 atom stereocenters. The highest BCUT2D eigenvalue weighted by atomic mass is 16.5. The topological polar surface area (TPSA) is 83.7 Å². The Balaban J connectivity index is 1.58. The molecule has 1 N–H and O–H groups in total. The Morgan fingerprint density at radius 3 is 2.83 bits per heavy atom. The van der Waals surface area contributed by atoms with Crippen molar-refractivity contribution in [1.29, 1.82) is 0 Å². The standard InChI is InChI=1S/C22H33N5O3/c1-4-26(5-2)22(29)19-16-27(24-23-19)15-18-8-7-11-25(14-18)13-17-9-10-20(28)21(12-17)30-6-3/h9-10,12,16,18,28H,4-8,11,13-15H2,1-3H3/t18-/m0/s1. The summed E-state index contributed by atoms with van der Waals surface area (Å²) in [6, 6.07) is 5.57. The highest BCUT2D eigenvalue weighted by molar-refractivity contribution is 5.91. The van der Waals surface area contributed by atoms with E-state index < -0.39 is 0 Å². The van der Waals surface area contributed by atoms with Crippen LogP contribution in [0.3, 0.4) is 0 Å². The second-order valence-corrected chi connectivity index (χ2v) is 7.78. The third-order valence-corrected chi connectivity index (χ3v) is 5.59. The molecule has 3 rings (SSSR count). The van der Waals surface area contributed by atoms with Crippen LogP contribution in [-0.2, 0) is 13.1 Å². The molecule has 1 amide bonds.